The Morgan fingerprint density at radius 3 is 1.91 bits per heavy atom. The van der Waals surface area contributed by atoms with Crippen molar-refractivity contribution in [2.45, 2.75) is 87.0 Å². The van der Waals surface area contributed by atoms with Gasteiger partial charge in [0.05, 0.1) is 4.58 Å². The van der Waals surface area contributed by atoms with Crippen molar-refractivity contribution < 1.29 is 17.6 Å². The van der Waals surface area contributed by atoms with Crippen LogP contribution in [0.25, 0.3) is 0 Å². The van der Waals surface area contributed by atoms with E-state index in [-0.39, 0.29) is 5.92 Å². The van der Waals surface area contributed by atoms with Crippen LogP contribution in [-0.4, -0.2) is 16.1 Å². The number of hydrogen-bond acceptors (Lipinski definition) is 2. The molecule has 3 aliphatic rings. The number of thioether (sulfide) groups is 2. The average molecular weight is 549 g/mol. The minimum atomic E-state index is -4.04. The number of alkyl halides is 3. The predicted octanol–water partition coefficient (Wildman–Crippen LogP) is 10.1. The van der Waals surface area contributed by atoms with Crippen molar-refractivity contribution in [3.05, 3.63) is 47.0 Å². The zero-order valence-electron chi connectivity index (χ0n) is 20.5. The largest absolute Gasteiger partial charge is 0.353 e. The van der Waals surface area contributed by atoms with Gasteiger partial charge in [-0.05, 0) is 142 Å². The molecule has 1 aromatic carbocycles. The Hall–Kier alpha value is -0.330. The van der Waals surface area contributed by atoms with Gasteiger partial charge in [-0.15, -0.1) is 23.5 Å². The second-order valence-electron chi connectivity index (χ2n) is 10.7. The maximum atomic E-state index is 14.2. The molecule has 1 aromatic rings. The molecule has 35 heavy (non-hydrogen) atoms. The third-order valence-corrected chi connectivity index (χ3v) is 12.2. The summed E-state index contributed by atoms with van der Waals surface area (Å²) in [6.07, 6.45) is 16.0. The van der Waals surface area contributed by atoms with Crippen LogP contribution in [-0.2, 0) is 5.38 Å². The molecule has 0 unspecified atom stereocenters. The van der Waals surface area contributed by atoms with Crippen molar-refractivity contribution in [2.75, 3.05) is 11.5 Å². The summed E-state index contributed by atoms with van der Waals surface area (Å²) in [7, 11) is 0. The third kappa shape index (κ3) is 7.16. The van der Waals surface area contributed by atoms with Crippen LogP contribution in [0.3, 0.4) is 0 Å². The Morgan fingerprint density at radius 2 is 1.40 bits per heavy atom. The molecular formula is C28H37ClF4S2. The molecule has 0 atom stereocenters. The molecule has 2 aliphatic carbocycles. The van der Waals surface area contributed by atoms with Crippen LogP contribution in [0.5, 0.6) is 0 Å². The van der Waals surface area contributed by atoms with Gasteiger partial charge < -0.3 is 0 Å². The first kappa shape index (κ1) is 27.7. The number of rotatable bonds is 7. The summed E-state index contributed by atoms with van der Waals surface area (Å²) >= 11 is 9.28. The van der Waals surface area contributed by atoms with Crippen molar-refractivity contribution in [2.24, 2.45) is 23.7 Å². The zero-order chi connectivity index (χ0) is 25.0. The summed E-state index contributed by atoms with van der Waals surface area (Å²) in [5.41, 5.74) is -0.853. The van der Waals surface area contributed by atoms with Gasteiger partial charge in [0.1, 0.15) is 17.2 Å². The minimum Gasteiger partial charge on any atom is -0.206 e. The van der Waals surface area contributed by atoms with Crippen LogP contribution in [0.2, 0.25) is 0 Å². The van der Waals surface area contributed by atoms with Gasteiger partial charge in [-0.25, -0.2) is 8.78 Å². The van der Waals surface area contributed by atoms with Crippen LogP contribution in [0, 0.1) is 35.3 Å². The van der Waals surface area contributed by atoms with Crippen molar-refractivity contribution in [3.63, 3.8) is 0 Å². The first-order valence-electron chi connectivity index (χ1n) is 13.2. The molecule has 1 heterocycles. The minimum absolute atomic E-state index is 0.0281. The molecule has 0 spiro atoms. The Kier molecular flexibility index (Phi) is 9.87. The lowest BCUT2D eigenvalue weighted by molar-refractivity contribution is 0.0857. The number of hydrogen-bond donors (Lipinski definition) is 0. The van der Waals surface area contributed by atoms with Crippen LogP contribution >= 0.6 is 35.1 Å². The van der Waals surface area contributed by atoms with Crippen LogP contribution in [0.4, 0.5) is 17.6 Å². The predicted molar refractivity (Wildman–Crippen MR) is 142 cm³/mol. The van der Waals surface area contributed by atoms with Gasteiger partial charge in [-0.3, -0.25) is 0 Å². The fraction of sp³-hybridized carbons (Fsp3) is 0.714. The van der Waals surface area contributed by atoms with E-state index in [4.69, 9.17) is 11.6 Å². The van der Waals surface area contributed by atoms with E-state index in [1.165, 1.54) is 50.0 Å². The van der Waals surface area contributed by atoms with E-state index in [0.717, 1.165) is 60.2 Å². The second kappa shape index (κ2) is 12.5. The second-order valence-corrected chi connectivity index (χ2v) is 13.8. The average Bonchev–Trinajstić information content (AvgIpc) is 2.84. The molecule has 0 aromatic heterocycles. The molecule has 4 rings (SSSR count). The molecule has 0 N–H and O–H groups in total. The summed E-state index contributed by atoms with van der Waals surface area (Å²) in [6.45, 7) is 2.09. The van der Waals surface area contributed by atoms with Crippen molar-refractivity contribution in [3.8, 4) is 0 Å². The van der Waals surface area contributed by atoms with Crippen molar-refractivity contribution in [1.29, 1.82) is 0 Å². The Morgan fingerprint density at radius 1 is 0.886 bits per heavy atom. The first-order chi connectivity index (χ1) is 16.8. The summed E-state index contributed by atoms with van der Waals surface area (Å²) in [6, 6.07) is 2.13. The van der Waals surface area contributed by atoms with Gasteiger partial charge >= 0.3 is 5.38 Å². The SMILES string of the molecule is C/C=C/CCC1CSC(C2CCC(C3CCC(c4cc(F)c(C(F)(F)Cl)c(F)c4)CC3)CC2)SC1. The van der Waals surface area contributed by atoms with Crippen LogP contribution in [0.15, 0.2) is 24.3 Å². The van der Waals surface area contributed by atoms with Gasteiger partial charge in [-0.1, -0.05) is 12.2 Å². The summed E-state index contributed by atoms with van der Waals surface area (Å²) in [4.78, 5) is 0. The number of benzene rings is 1. The Bertz CT molecular complexity index is 824. The highest BCUT2D eigenvalue weighted by atomic mass is 35.5. The molecule has 3 fully saturated rings. The van der Waals surface area contributed by atoms with E-state index in [9.17, 15) is 17.6 Å². The fourth-order valence-electron chi connectivity index (χ4n) is 6.41. The van der Waals surface area contributed by atoms with Gasteiger partial charge in [0.25, 0.3) is 0 Å². The molecule has 196 valence electrons. The highest BCUT2D eigenvalue weighted by Gasteiger charge is 2.38. The van der Waals surface area contributed by atoms with E-state index in [1.54, 1.807) is 0 Å². The maximum Gasteiger partial charge on any atom is 0.353 e. The van der Waals surface area contributed by atoms with Crippen LogP contribution in [0.1, 0.15) is 88.2 Å². The standard InChI is InChI=1S/C28H37ClF4S2/c1-2-3-4-5-18-16-34-27(35-17-18)22-12-10-20(11-13-22)19-6-8-21(9-7-19)23-14-24(30)26(25(31)15-23)28(29,32)33/h2-3,14-15,18-22,27H,4-13,16-17H2,1H3/b3-2+. The molecule has 7 heteroatoms. The smallest absolute Gasteiger partial charge is 0.206 e. The maximum absolute atomic E-state index is 14.2. The van der Waals surface area contributed by atoms with Crippen molar-refractivity contribution in [1.82, 2.24) is 0 Å². The molecule has 0 bridgehead atoms. The van der Waals surface area contributed by atoms with E-state index in [2.05, 4.69) is 42.6 Å². The summed E-state index contributed by atoms with van der Waals surface area (Å²) in [5.74, 6) is 3.27. The molecule has 1 saturated heterocycles. The van der Waals surface area contributed by atoms with Crippen LogP contribution < -0.4 is 0 Å². The topological polar surface area (TPSA) is 0 Å². The molecular weight excluding hydrogens is 512 g/mol. The van der Waals surface area contributed by atoms with Gasteiger partial charge in [0, 0.05) is 0 Å². The van der Waals surface area contributed by atoms with Gasteiger partial charge in [0.2, 0.25) is 0 Å². The quantitative estimate of drug-likeness (QED) is 0.189. The first-order valence-corrected chi connectivity index (χ1v) is 15.6. The molecule has 1 aliphatic heterocycles. The summed E-state index contributed by atoms with van der Waals surface area (Å²) < 4.78 is 55.8. The highest BCUT2D eigenvalue weighted by molar-refractivity contribution is 8.17. The van der Waals surface area contributed by atoms with E-state index in [0.29, 0.717) is 11.5 Å². The Labute approximate surface area is 221 Å². The third-order valence-electron chi connectivity index (χ3n) is 8.43. The molecule has 2 saturated carbocycles. The zero-order valence-corrected chi connectivity index (χ0v) is 22.9. The molecule has 0 amide bonds. The number of halogens is 5. The monoisotopic (exact) mass is 548 g/mol. The van der Waals surface area contributed by atoms with E-state index < -0.39 is 22.6 Å². The van der Waals surface area contributed by atoms with Gasteiger partial charge in [-0.2, -0.15) is 8.78 Å². The Balaban J connectivity index is 1.22. The lowest BCUT2D eigenvalue weighted by Gasteiger charge is -2.41. The summed E-state index contributed by atoms with van der Waals surface area (Å²) in [5, 5.41) is -4.04. The van der Waals surface area contributed by atoms with Gasteiger partial charge in [0.15, 0.2) is 0 Å². The highest BCUT2D eigenvalue weighted by Crippen LogP contribution is 2.49. The lowest BCUT2D eigenvalue weighted by atomic mass is 9.68. The fourth-order valence-corrected chi connectivity index (χ4v) is 10.2. The number of allylic oxidation sites excluding steroid dienone is 2. The van der Waals surface area contributed by atoms with Crippen molar-refractivity contribution >= 4 is 35.1 Å². The lowest BCUT2D eigenvalue weighted by Crippen LogP contribution is -2.30. The van der Waals surface area contributed by atoms with E-state index >= 15 is 0 Å². The molecule has 0 radical (unpaired) electrons. The normalized spacial score (nSPS) is 32.7. The van der Waals surface area contributed by atoms with E-state index in [1.807, 2.05) is 0 Å². The molecule has 0 nitrogen and oxygen atoms in total.